The van der Waals surface area contributed by atoms with Crippen molar-refractivity contribution in [1.82, 2.24) is 4.90 Å². The fourth-order valence-electron chi connectivity index (χ4n) is 1.95. The molecule has 0 spiro atoms. The lowest BCUT2D eigenvalue weighted by Crippen LogP contribution is -2.33. The standard InChI is InChI=1S/C12H13BrClFN2O/c13-9-5-8(15)6-10(14)12(9)16-7-11(18)17-3-1-2-4-17/h5-6,16H,1-4,7H2. The Morgan fingerprint density at radius 1 is 1.44 bits per heavy atom. The van der Waals surface area contributed by atoms with E-state index in [1.807, 2.05) is 4.90 Å². The normalized spacial score (nSPS) is 14.9. The van der Waals surface area contributed by atoms with Crippen molar-refractivity contribution in [3.8, 4) is 0 Å². The third kappa shape index (κ3) is 3.14. The number of halogens is 3. The molecule has 1 aromatic rings. The van der Waals surface area contributed by atoms with Crippen LogP contribution < -0.4 is 5.32 Å². The molecule has 0 aromatic heterocycles. The summed E-state index contributed by atoms with van der Waals surface area (Å²) in [6, 6.07) is 2.53. The number of anilines is 1. The van der Waals surface area contributed by atoms with Crippen LogP contribution in [0.2, 0.25) is 5.02 Å². The molecule has 1 aliphatic rings. The van der Waals surface area contributed by atoms with E-state index in [0.717, 1.165) is 25.9 Å². The molecule has 18 heavy (non-hydrogen) atoms. The molecule has 0 bridgehead atoms. The van der Waals surface area contributed by atoms with E-state index in [0.29, 0.717) is 10.2 Å². The van der Waals surface area contributed by atoms with Crippen molar-refractivity contribution in [2.24, 2.45) is 0 Å². The largest absolute Gasteiger partial charge is 0.374 e. The number of likely N-dealkylation sites (tertiary alicyclic amines) is 1. The Labute approximate surface area is 118 Å². The molecular weight excluding hydrogens is 323 g/mol. The van der Waals surface area contributed by atoms with Crippen LogP contribution in [0.15, 0.2) is 16.6 Å². The fourth-order valence-corrected chi connectivity index (χ4v) is 2.91. The first kappa shape index (κ1) is 13.6. The SMILES string of the molecule is O=C(CNc1c(Cl)cc(F)cc1Br)N1CCCC1. The van der Waals surface area contributed by atoms with Gasteiger partial charge < -0.3 is 10.2 Å². The van der Waals surface area contributed by atoms with Gasteiger partial charge in [-0.25, -0.2) is 4.39 Å². The van der Waals surface area contributed by atoms with E-state index in [1.165, 1.54) is 12.1 Å². The maximum Gasteiger partial charge on any atom is 0.241 e. The number of hydrogen-bond acceptors (Lipinski definition) is 2. The number of hydrogen-bond donors (Lipinski definition) is 1. The number of amides is 1. The molecule has 1 aliphatic heterocycles. The van der Waals surface area contributed by atoms with Gasteiger partial charge >= 0.3 is 0 Å². The molecule has 1 fully saturated rings. The molecular formula is C12H13BrClFN2O. The van der Waals surface area contributed by atoms with E-state index < -0.39 is 5.82 Å². The Kier molecular flexibility index (Phi) is 4.45. The summed E-state index contributed by atoms with van der Waals surface area (Å²) in [5.41, 5.74) is 0.547. The summed E-state index contributed by atoms with van der Waals surface area (Å²) in [5.74, 6) is -0.372. The van der Waals surface area contributed by atoms with Gasteiger partial charge in [-0.1, -0.05) is 11.6 Å². The summed E-state index contributed by atoms with van der Waals surface area (Å²) in [6.07, 6.45) is 2.12. The van der Waals surface area contributed by atoms with Gasteiger partial charge in [0.05, 0.1) is 17.3 Å². The Hall–Kier alpha value is -0.810. The van der Waals surface area contributed by atoms with Gasteiger partial charge in [0.15, 0.2) is 0 Å². The average molecular weight is 336 g/mol. The zero-order chi connectivity index (χ0) is 13.1. The van der Waals surface area contributed by atoms with Crippen LogP contribution in [-0.2, 0) is 4.79 Å². The van der Waals surface area contributed by atoms with Crippen LogP contribution in [0.3, 0.4) is 0 Å². The van der Waals surface area contributed by atoms with Crippen LogP contribution in [0.4, 0.5) is 10.1 Å². The average Bonchev–Trinajstić information content (AvgIpc) is 2.80. The third-order valence-electron chi connectivity index (χ3n) is 2.88. The number of carbonyl (C=O) groups is 1. The van der Waals surface area contributed by atoms with Crippen molar-refractivity contribution in [3.63, 3.8) is 0 Å². The van der Waals surface area contributed by atoms with Crippen LogP contribution in [0.1, 0.15) is 12.8 Å². The second-order valence-corrected chi connectivity index (χ2v) is 5.45. The number of carbonyl (C=O) groups excluding carboxylic acids is 1. The lowest BCUT2D eigenvalue weighted by atomic mass is 10.3. The van der Waals surface area contributed by atoms with E-state index in [1.54, 1.807) is 0 Å². The van der Waals surface area contributed by atoms with Crippen molar-refractivity contribution >= 4 is 39.1 Å². The van der Waals surface area contributed by atoms with Crippen molar-refractivity contribution in [2.75, 3.05) is 25.0 Å². The van der Waals surface area contributed by atoms with Gasteiger partial charge in [0.1, 0.15) is 5.82 Å². The first-order chi connectivity index (χ1) is 8.58. The molecule has 98 valence electrons. The van der Waals surface area contributed by atoms with Crippen LogP contribution in [-0.4, -0.2) is 30.4 Å². The highest BCUT2D eigenvalue weighted by Gasteiger charge is 2.18. The summed E-state index contributed by atoms with van der Waals surface area (Å²) in [4.78, 5) is 13.7. The highest BCUT2D eigenvalue weighted by atomic mass is 79.9. The number of benzene rings is 1. The Balaban J connectivity index is 1.99. The van der Waals surface area contributed by atoms with Crippen molar-refractivity contribution < 1.29 is 9.18 Å². The molecule has 6 heteroatoms. The summed E-state index contributed by atoms with van der Waals surface area (Å²) in [6.45, 7) is 1.81. The maximum absolute atomic E-state index is 13.0. The molecule has 3 nitrogen and oxygen atoms in total. The van der Waals surface area contributed by atoms with E-state index in [4.69, 9.17) is 11.6 Å². The highest BCUT2D eigenvalue weighted by molar-refractivity contribution is 9.10. The molecule has 1 amide bonds. The Morgan fingerprint density at radius 3 is 2.72 bits per heavy atom. The molecule has 0 aliphatic carbocycles. The molecule has 0 radical (unpaired) electrons. The predicted octanol–water partition coefficient (Wildman–Crippen LogP) is 3.28. The minimum Gasteiger partial charge on any atom is -0.374 e. The summed E-state index contributed by atoms with van der Waals surface area (Å²) < 4.78 is 13.6. The minimum absolute atomic E-state index is 0.0415. The fraction of sp³-hybridized carbons (Fsp3) is 0.417. The van der Waals surface area contributed by atoms with Gasteiger partial charge in [-0.15, -0.1) is 0 Å². The summed E-state index contributed by atoms with van der Waals surface area (Å²) in [5, 5.41) is 3.21. The summed E-state index contributed by atoms with van der Waals surface area (Å²) >= 11 is 9.14. The highest BCUT2D eigenvalue weighted by Crippen LogP contribution is 2.31. The lowest BCUT2D eigenvalue weighted by Gasteiger charge is -2.17. The first-order valence-electron chi connectivity index (χ1n) is 5.74. The van der Waals surface area contributed by atoms with E-state index in [-0.39, 0.29) is 17.5 Å². The van der Waals surface area contributed by atoms with E-state index >= 15 is 0 Å². The lowest BCUT2D eigenvalue weighted by molar-refractivity contribution is -0.128. The van der Waals surface area contributed by atoms with Gasteiger partial charge in [-0.05, 0) is 40.9 Å². The second kappa shape index (κ2) is 5.89. The molecule has 1 heterocycles. The molecule has 0 unspecified atom stereocenters. The van der Waals surface area contributed by atoms with Gasteiger partial charge in [0.25, 0.3) is 0 Å². The summed E-state index contributed by atoms with van der Waals surface area (Å²) in [7, 11) is 0. The quantitative estimate of drug-likeness (QED) is 0.919. The van der Waals surface area contributed by atoms with Gasteiger partial charge in [-0.2, -0.15) is 0 Å². The third-order valence-corrected chi connectivity index (χ3v) is 3.81. The van der Waals surface area contributed by atoms with Crippen molar-refractivity contribution in [1.29, 1.82) is 0 Å². The zero-order valence-electron chi connectivity index (χ0n) is 9.68. The maximum atomic E-state index is 13.0. The topological polar surface area (TPSA) is 32.3 Å². The van der Waals surface area contributed by atoms with Crippen LogP contribution >= 0.6 is 27.5 Å². The molecule has 1 saturated heterocycles. The molecule has 2 rings (SSSR count). The molecule has 1 N–H and O–H groups in total. The van der Waals surface area contributed by atoms with E-state index in [2.05, 4.69) is 21.2 Å². The van der Waals surface area contributed by atoms with Crippen LogP contribution in [0.5, 0.6) is 0 Å². The van der Waals surface area contributed by atoms with E-state index in [9.17, 15) is 9.18 Å². The van der Waals surface area contributed by atoms with Gasteiger partial charge in [0.2, 0.25) is 5.91 Å². The van der Waals surface area contributed by atoms with Gasteiger partial charge in [0, 0.05) is 17.6 Å². The number of nitrogens with zero attached hydrogens (tertiary/aromatic N) is 1. The van der Waals surface area contributed by atoms with Crippen molar-refractivity contribution in [3.05, 3.63) is 27.4 Å². The monoisotopic (exact) mass is 334 g/mol. The first-order valence-corrected chi connectivity index (χ1v) is 6.91. The second-order valence-electron chi connectivity index (χ2n) is 4.19. The van der Waals surface area contributed by atoms with Crippen molar-refractivity contribution in [2.45, 2.75) is 12.8 Å². The number of nitrogens with one attached hydrogen (secondary N) is 1. The molecule has 0 atom stereocenters. The smallest absolute Gasteiger partial charge is 0.241 e. The Bertz CT molecular complexity index is 440. The molecule has 1 aromatic carbocycles. The van der Waals surface area contributed by atoms with Gasteiger partial charge in [-0.3, -0.25) is 4.79 Å². The Morgan fingerprint density at radius 2 is 2.11 bits per heavy atom. The molecule has 0 saturated carbocycles. The zero-order valence-corrected chi connectivity index (χ0v) is 12.0. The van der Waals surface area contributed by atoms with Crippen LogP contribution in [0.25, 0.3) is 0 Å². The predicted molar refractivity (Wildman–Crippen MR) is 73.4 cm³/mol. The van der Waals surface area contributed by atoms with Crippen LogP contribution in [0, 0.1) is 5.82 Å². The number of rotatable bonds is 3. The minimum atomic E-state index is -0.414.